The summed E-state index contributed by atoms with van der Waals surface area (Å²) in [4.78, 5) is 29.7. The number of thiocarbonyl (C=S) groups is 1. The smallest absolute Gasteiger partial charge is 0.339 e. The minimum absolute atomic E-state index is 0.0488. The number of carbonyl (C=O) groups excluding carboxylic acids is 2. The van der Waals surface area contributed by atoms with Crippen LogP contribution < -0.4 is 0 Å². The van der Waals surface area contributed by atoms with Gasteiger partial charge in [-0.25, -0.2) is 4.79 Å². The molecule has 0 unspecified atom stereocenters. The molecule has 5 nitrogen and oxygen atoms in total. The lowest BCUT2D eigenvalue weighted by Gasteiger charge is -2.20. The quantitative estimate of drug-likeness (QED) is 0.509. The lowest BCUT2D eigenvalue weighted by molar-refractivity contribution is 0.0599. The second kappa shape index (κ2) is 7.49. The van der Waals surface area contributed by atoms with Crippen molar-refractivity contribution in [3.8, 4) is 0 Å². The van der Waals surface area contributed by atoms with Crippen LogP contribution in [0.15, 0.2) is 0 Å². The van der Waals surface area contributed by atoms with Crippen molar-refractivity contribution in [2.75, 3.05) is 20.2 Å². The van der Waals surface area contributed by atoms with Gasteiger partial charge in [-0.1, -0.05) is 24.0 Å². The van der Waals surface area contributed by atoms with Crippen molar-refractivity contribution in [3.63, 3.8) is 0 Å². The average Bonchev–Trinajstić information content (AvgIpc) is 3.14. The van der Waals surface area contributed by atoms with Crippen LogP contribution in [0.5, 0.6) is 0 Å². The summed E-state index contributed by atoms with van der Waals surface area (Å²) in [5.74, 6) is -0.476. The summed E-state index contributed by atoms with van der Waals surface area (Å²) in [6, 6.07) is 0. The van der Waals surface area contributed by atoms with Gasteiger partial charge in [0.05, 0.1) is 23.6 Å². The maximum atomic E-state index is 12.7. The van der Waals surface area contributed by atoms with Crippen molar-refractivity contribution >= 4 is 40.1 Å². The molecule has 0 aliphatic carbocycles. The van der Waals surface area contributed by atoms with Crippen LogP contribution in [0.25, 0.3) is 0 Å². The van der Waals surface area contributed by atoms with Crippen molar-refractivity contribution in [1.29, 1.82) is 0 Å². The third-order valence-electron chi connectivity index (χ3n) is 4.08. The number of rotatable bonds is 4. The van der Waals surface area contributed by atoms with E-state index in [2.05, 4.69) is 9.88 Å². The van der Waals surface area contributed by atoms with Crippen molar-refractivity contribution in [2.45, 2.75) is 38.9 Å². The van der Waals surface area contributed by atoms with Gasteiger partial charge in [0, 0.05) is 18.8 Å². The normalized spacial score (nSPS) is 15.6. The van der Waals surface area contributed by atoms with Crippen molar-refractivity contribution < 1.29 is 14.3 Å². The number of hydrogen-bond donors (Lipinski definition) is 1. The molecule has 0 aromatic carbocycles. The minimum Gasteiger partial charge on any atom is -0.465 e. The predicted octanol–water partition coefficient (Wildman–Crippen LogP) is 3.10. The van der Waals surface area contributed by atoms with E-state index in [9.17, 15) is 9.59 Å². The van der Waals surface area contributed by atoms with Gasteiger partial charge in [0.1, 0.15) is 4.32 Å². The summed E-state index contributed by atoms with van der Waals surface area (Å²) < 4.78 is 5.56. The summed E-state index contributed by atoms with van der Waals surface area (Å²) in [6.45, 7) is 7.32. The van der Waals surface area contributed by atoms with Crippen LogP contribution in [0.1, 0.15) is 51.9 Å². The van der Waals surface area contributed by atoms with Crippen LogP contribution in [-0.2, 0) is 4.74 Å². The first kappa shape index (κ1) is 18.0. The zero-order chi connectivity index (χ0) is 17.1. The number of carbonyl (C=O) groups is 2. The molecule has 1 atom stereocenters. The number of aromatic nitrogens is 1. The summed E-state index contributed by atoms with van der Waals surface area (Å²) >= 11 is 6.85. The largest absolute Gasteiger partial charge is 0.465 e. The molecule has 2 rings (SSSR count). The third kappa shape index (κ3) is 3.77. The van der Waals surface area contributed by atoms with Gasteiger partial charge in [-0.15, -0.1) is 0 Å². The van der Waals surface area contributed by atoms with Crippen LogP contribution in [0.2, 0.25) is 0 Å². The molecule has 23 heavy (non-hydrogen) atoms. The number of aryl methyl sites for hydroxylation is 1. The molecule has 1 N–H and O–H groups in total. The van der Waals surface area contributed by atoms with Gasteiger partial charge in [0.2, 0.25) is 0 Å². The van der Waals surface area contributed by atoms with Gasteiger partial charge in [-0.05, 0) is 39.2 Å². The molecule has 0 radical (unpaired) electrons. The predicted molar refractivity (Wildman–Crippen MR) is 96.4 cm³/mol. The molecule has 7 heteroatoms. The zero-order valence-corrected chi connectivity index (χ0v) is 15.5. The highest BCUT2D eigenvalue weighted by atomic mass is 32.2. The molecule has 1 fully saturated rings. The number of ketones is 1. The van der Waals surface area contributed by atoms with Crippen molar-refractivity contribution in [3.05, 3.63) is 22.5 Å². The Labute approximate surface area is 146 Å². The fourth-order valence-electron chi connectivity index (χ4n) is 2.79. The number of Topliss-reactive ketones (excluding diaryl/α,β-unsaturated/α-hetero) is 1. The number of thioether (sulfide) groups is 1. The van der Waals surface area contributed by atoms with Gasteiger partial charge in [0.25, 0.3) is 0 Å². The van der Waals surface area contributed by atoms with Gasteiger partial charge in [0.15, 0.2) is 5.78 Å². The van der Waals surface area contributed by atoms with Crippen molar-refractivity contribution in [1.82, 2.24) is 9.88 Å². The fraction of sp³-hybridized carbons (Fsp3) is 0.562. The number of likely N-dealkylation sites (tertiary alicyclic amines) is 1. The molecule has 1 saturated heterocycles. The molecular weight excluding hydrogens is 332 g/mol. The second-order valence-electron chi connectivity index (χ2n) is 5.70. The Morgan fingerprint density at radius 1 is 1.30 bits per heavy atom. The molecule has 0 bridgehead atoms. The Kier molecular flexibility index (Phi) is 5.86. The number of hydrogen-bond acceptors (Lipinski definition) is 5. The van der Waals surface area contributed by atoms with E-state index in [1.54, 1.807) is 13.8 Å². The number of nitrogens with one attached hydrogen (secondary N) is 1. The van der Waals surface area contributed by atoms with E-state index >= 15 is 0 Å². The lowest BCUT2D eigenvalue weighted by Crippen LogP contribution is -2.27. The molecule has 126 valence electrons. The Morgan fingerprint density at radius 3 is 2.48 bits per heavy atom. The molecule has 1 aromatic rings. The van der Waals surface area contributed by atoms with E-state index < -0.39 is 5.97 Å². The van der Waals surface area contributed by atoms with E-state index in [-0.39, 0.29) is 11.0 Å². The first-order valence-corrected chi connectivity index (χ1v) is 8.92. The van der Waals surface area contributed by atoms with Gasteiger partial charge >= 0.3 is 5.97 Å². The number of nitrogens with zero attached hydrogens (tertiary/aromatic N) is 1. The van der Waals surface area contributed by atoms with Crippen LogP contribution in [-0.4, -0.2) is 51.4 Å². The molecule has 0 amide bonds. The average molecular weight is 354 g/mol. The fourth-order valence-corrected chi connectivity index (χ4v) is 4.26. The molecular formula is C16H22N2O3S2. The minimum atomic E-state index is -0.428. The molecule has 0 spiro atoms. The maximum Gasteiger partial charge on any atom is 0.339 e. The standard InChI is InChI=1S/C16H22N2O3S2/c1-9-12(15(20)21-4)10(2)17-13(9)14(19)11(3)23-16(22)18-7-5-6-8-18/h11,17H,5-8H2,1-4H3/t11-/m0/s1. The summed E-state index contributed by atoms with van der Waals surface area (Å²) in [5, 5.41) is -0.301. The van der Waals surface area contributed by atoms with Crippen LogP contribution in [0.4, 0.5) is 0 Å². The van der Waals surface area contributed by atoms with Crippen LogP contribution >= 0.6 is 24.0 Å². The lowest BCUT2D eigenvalue weighted by atomic mass is 10.1. The Morgan fingerprint density at radius 2 is 1.91 bits per heavy atom. The topological polar surface area (TPSA) is 62.4 Å². The zero-order valence-electron chi connectivity index (χ0n) is 13.9. The first-order chi connectivity index (χ1) is 10.9. The second-order valence-corrected chi connectivity index (χ2v) is 7.68. The highest BCUT2D eigenvalue weighted by Gasteiger charge is 2.27. The molecule has 1 aromatic heterocycles. The first-order valence-electron chi connectivity index (χ1n) is 7.64. The highest BCUT2D eigenvalue weighted by Crippen LogP contribution is 2.26. The Balaban J connectivity index is 2.13. The number of aromatic amines is 1. The SMILES string of the molecule is COC(=O)c1c(C)[nH]c(C(=O)[C@H](C)SC(=S)N2CCCC2)c1C. The van der Waals surface area contributed by atoms with E-state index in [4.69, 9.17) is 17.0 Å². The molecule has 1 aliphatic heterocycles. The van der Waals surface area contributed by atoms with Crippen LogP contribution in [0.3, 0.4) is 0 Å². The van der Waals surface area contributed by atoms with E-state index in [1.807, 2.05) is 6.92 Å². The number of ether oxygens (including phenoxy) is 1. The number of H-pyrrole nitrogens is 1. The third-order valence-corrected chi connectivity index (χ3v) is 5.66. The molecule has 2 heterocycles. The highest BCUT2D eigenvalue weighted by molar-refractivity contribution is 8.23. The van der Waals surface area contributed by atoms with Gasteiger partial charge in [-0.3, -0.25) is 4.79 Å². The molecule has 1 aliphatic rings. The maximum absolute atomic E-state index is 12.7. The van der Waals surface area contributed by atoms with E-state index in [0.717, 1.165) is 30.3 Å². The monoisotopic (exact) mass is 354 g/mol. The summed E-state index contributed by atoms with van der Waals surface area (Å²) in [5.41, 5.74) is 2.19. The van der Waals surface area contributed by atoms with Crippen LogP contribution in [0, 0.1) is 13.8 Å². The van der Waals surface area contributed by atoms with E-state index in [1.165, 1.54) is 18.9 Å². The Bertz CT molecular complexity index is 634. The molecule has 0 saturated carbocycles. The summed E-state index contributed by atoms with van der Waals surface area (Å²) in [7, 11) is 1.34. The summed E-state index contributed by atoms with van der Waals surface area (Å²) in [6.07, 6.45) is 2.31. The number of methoxy groups -OCH3 is 1. The number of esters is 1. The Hall–Kier alpha value is -1.34. The van der Waals surface area contributed by atoms with Gasteiger partial charge in [-0.2, -0.15) is 0 Å². The van der Waals surface area contributed by atoms with Gasteiger partial charge < -0.3 is 14.6 Å². The van der Waals surface area contributed by atoms with Crippen molar-refractivity contribution in [2.24, 2.45) is 0 Å². The van der Waals surface area contributed by atoms with E-state index in [0.29, 0.717) is 22.5 Å².